The summed E-state index contributed by atoms with van der Waals surface area (Å²) in [5.41, 5.74) is 2.90. The van der Waals surface area contributed by atoms with Crippen LogP contribution in [-0.2, 0) is 11.3 Å². The van der Waals surface area contributed by atoms with Crippen LogP contribution < -0.4 is 10.2 Å². The molecule has 0 unspecified atom stereocenters. The summed E-state index contributed by atoms with van der Waals surface area (Å²) >= 11 is 0. The number of benzene rings is 2. The van der Waals surface area contributed by atoms with E-state index in [1.165, 1.54) is 11.0 Å². The Kier molecular flexibility index (Phi) is 6.70. The van der Waals surface area contributed by atoms with Crippen molar-refractivity contribution in [3.63, 3.8) is 0 Å². The molecule has 0 radical (unpaired) electrons. The molecule has 1 aromatic heterocycles. The van der Waals surface area contributed by atoms with Crippen molar-refractivity contribution in [1.82, 2.24) is 20.3 Å². The van der Waals surface area contributed by atoms with Crippen molar-refractivity contribution in [3.8, 4) is 0 Å². The standard InChI is InChI=1S/C22H25N5O/c1-26(2)17-21(19-11-7-4-8-12-19)23-22(28)14-13-20-16-27(25-24-20)15-18-9-5-3-6-10-18/h3-14,16,21H,15,17H2,1-2H3,(H,23,28)/p+1/b14-13+/t21-/m0/s1. The smallest absolute Gasteiger partial charge is 0.244 e. The minimum absolute atomic E-state index is 0.0443. The number of hydrogen-bond acceptors (Lipinski definition) is 3. The van der Waals surface area contributed by atoms with Gasteiger partial charge in [0.2, 0.25) is 5.91 Å². The Balaban J connectivity index is 1.61. The van der Waals surface area contributed by atoms with Crippen LogP contribution in [0.15, 0.2) is 72.9 Å². The fourth-order valence-corrected chi connectivity index (χ4v) is 2.96. The van der Waals surface area contributed by atoms with E-state index < -0.39 is 0 Å². The third-order valence-electron chi connectivity index (χ3n) is 4.28. The number of likely N-dealkylation sites (N-methyl/N-ethyl adjacent to an activating group) is 1. The molecule has 0 bridgehead atoms. The lowest BCUT2D eigenvalue weighted by Gasteiger charge is -2.20. The van der Waals surface area contributed by atoms with Gasteiger partial charge in [0, 0.05) is 6.08 Å². The van der Waals surface area contributed by atoms with Gasteiger partial charge in [-0.2, -0.15) is 0 Å². The number of quaternary nitrogens is 1. The highest BCUT2D eigenvalue weighted by atomic mass is 16.1. The van der Waals surface area contributed by atoms with Crippen LogP contribution in [0.3, 0.4) is 0 Å². The van der Waals surface area contributed by atoms with Gasteiger partial charge >= 0.3 is 0 Å². The Morgan fingerprint density at radius 1 is 1.11 bits per heavy atom. The number of carbonyl (C=O) groups excluding carboxylic acids is 1. The second-order valence-corrected chi connectivity index (χ2v) is 7.04. The van der Waals surface area contributed by atoms with Crippen LogP contribution in [0.2, 0.25) is 0 Å². The van der Waals surface area contributed by atoms with Crippen LogP contribution in [0.25, 0.3) is 6.08 Å². The number of nitrogens with zero attached hydrogens (tertiary/aromatic N) is 3. The Morgan fingerprint density at radius 3 is 2.46 bits per heavy atom. The molecule has 1 heterocycles. The van der Waals surface area contributed by atoms with Gasteiger partial charge in [0.25, 0.3) is 0 Å². The maximum absolute atomic E-state index is 12.4. The predicted octanol–water partition coefficient (Wildman–Crippen LogP) is 1.34. The first-order valence-corrected chi connectivity index (χ1v) is 9.37. The van der Waals surface area contributed by atoms with Gasteiger partial charge in [-0.05, 0) is 17.2 Å². The summed E-state index contributed by atoms with van der Waals surface area (Å²) in [6.45, 7) is 1.45. The maximum Gasteiger partial charge on any atom is 0.244 e. The van der Waals surface area contributed by atoms with Gasteiger partial charge in [0.05, 0.1) is 26.8 Å². The van der Waals surface area contributed by atoms with Crippen LogP contribution >= 0.6 is 0 Å². The van der Waals surface area contributed by atoms with Crippen LogP contribution in [0.1, 0.15) is 22.9 Å². The van der Waals surface area contributed by atoms with E-state index in [9.17, 15) is 4.79 Å². The summed E-state index contributed by atoms with van der Waals surface area (Å²) in [4.78, 5) is 13.7. The molecular weight excluding hydrogens is 350 g/mol. The molecule has 2 aromatic carbocycles. The van der Waals surface area contributed by atoms with Gasteiger partial charge < -0.3 is 10.2 Å². The zero-order valence-electron chi connectivity index (χ0n) is 16.2. The molecule has 0 aliphatic carbocycles. The van der Waals surface area contributed by atoms with Crippen LogP contribution in [0.5, 0.6) is 0 Å². The van der Waals surface area contributed by atoms with Gasteiger partial charge in [0.15, 0.2) is 0 Å². The number of amides is 1. The minimum Gasteiger partial charge on any atom is -0.340 e. The van der Waals surface area contributed by atoms with Gasteiger partial charge in [0.1, 0.15) is 18.3 Å². The molecule has 1 amide bonds. The highest BCUT2D eigenvalue weighted by Gasteiger charge is 2.16. The minimum atomic E-state index is -0.146. The van der Waals surface area contributed by atoms with Crippen LogP contribution in [0, 0.1) is 0 Å². The number of carbonyl (C=O) groups is 1. The molecule has 0 fully saturated rings. The largest absolute Gasteiger partial charge is 0.340 e. The van der Waals surface area contributed by atoms with E-state index in [1.807, 2.05) is 66.9 Å². The van der Waals surface area contributed by atoms with Crippen molar-refractivity contribution >= 4 is 12.0 Å². The number of aromatic nitrogens is 3. The van der Waals surface area contributed by atoms with E-state index >= 15 is 0 Å². The van der Waals surface area contributed by atoms with E-state index in [1.54, 1.807) is 10.8 Å². The second kappa shape index (κ2) is 9.62. The molecule has 2 N–H and O–H groups in total. The lowest BCUT2D eigenvalue weighted by molar-refractivity contribution is -0.860. The van der Waals surface area contributed by atoms with Crippen molar-refractivity contribution < 1.29 is 9.69 Å². The molecule has 144 valence electrons. The van der Waals surface area contributed by atoms with E-state index in [2.05, 4.69) is 29.7 Å². The van der Waals surface area contributed by atoms with E-state index in [0.29, 0.717) is 12.2 Å². The maximum atomic E-state index is 12.4. The molecular formula is C22H26N5O+. The van der Waals surface area contributed by atoms with Crippen molar-refractivity contribution in [3.05, 3.63) is 89.8 Å². The topological polar surface area (TPSA) is 64.2 Å². The normalized spacial score (nSPS) is 12.4. The predicted molar refractivity (Wildman–Crippen MR) is 110 cm³/mol. The Bertz CT molecular complexity index is 903. The number of hydrogen-bond donors (Lipinski definition) is 2. The highest BCUT2D eigenvalue weighted by molar-refractivity contribution is 5.91. The second-order valence-electron chi connectivity index (χ2n) is 7.04. The first-order valence-electron chi connectivity index (χ1n) is 9.37. The molecule has 3 aromatic rings. The van der Waals surface area contributed by atoms with Crippen LogP contribution in [0.4, 0.5) is 0 Å². The fourth-order valence-electron chi connectivity index (χ4n) is 2.96. The molecule has 0 aliphatic rings. The van der Waals surface area contributed by atoms with Crippen molar-refractivity contribution in [2.45, 2.75) is 12.6 Å². The molecule has 0 spiro atoms. The SMILES string of the molecule is C[NH+](C)C[C@H](NC(=O)/C=C/c1cn(Cc2ccccc2)nn1)c1ccccc1. The molecule has 6 heteroatoms. The van der Waals surface area contributed by atoms with Crippen molar-refractivity contribution in [2.24, 2.45) is 0 Å². The van der Waals surface area contributed by atoms with Crippen LogP contribution in [-0.4, -0.2) is 41.5 Å². The third kappa shape index (κ3) is 5.89. The third-order valence-corrected chi connectivity index (χ3v) is 4.28. The molecule has 1 atom stereocenters. The zero-order valence-corrected chi connectivity index (χ0v) is 16.2. The zero-order chi connectivity index (χ0) is 19.8. The molecule has 28 heavy (non-hydrogen) atoms. The quantitative estimate of drug-likeness (QED) is 0.583. The lowest BCUT2D eigenvalue weighted by Crippen LogP contribution is -3.06. The first kappa shape index (κ1) is 19.5. The van der Waals surface area contributed by atoms with Gasteiger partial charge in [-0.25, -0.2) is 4.68 Å². The van der Waals surface area contributed by atoms with Gasteiger partial charge in [-0.15, -0.1) is 5.10 Å². The summed E-state index contributed by atoms with van der Waals surface area (Å²) in [5.74, 6) is -0.146. The van der Waals surface area contributed by atoms with Crippen molar-refractivity contribution in [1.29, 1.82) is 0 Å². The summed E-state index contributed by atoms with van der Waals surface area (Å²) in [5, 5.41) is 11.3. The Hall–Kier alpha value is -3.25. The van der Waals surface area contributed by atoms with Gasteiger partial charge in [-0.1, -0.05) is 65.9 Å². The monoisotopic (exact) mass is 376 g/mol. The lowest BCUT2D eigenvalue weighted by atomic mass is 10.1. The highest BCUT2D eigenvalue weighted by Crippen LogP contribution is 2.11. The average molecular weight is 376 g/mol. The number of rotatable bonds is 8. The molecule has 0 aliphatic heterocycles. The summed E-state index contributed by atoms with van der Waals surface area (Å²) in [6.07, 6.45) is 5.03. The molecule has 6 nitrogen and oxygen atoms in total. The average Bonchev–Trinajstić information content (AvgIpc) is 3.14. The van der Waals surface area contributed by atoms with Gasteiger partial charge in [-0.3, -0.25) is 4.79 Å². The fraction of sp³-hybridized carbons (Fsp3) is 0.227. The molecule has 0 saturated heterocycles. The van der Waals surface area contributed by atoms with E-state index in [0.717, 1.165) is 17.7 Å². The summed E-state index contributed by atoms with van der Waals surface area (Å²) < 4.78 is 1.76. The summed E-state index contributed by atoms with van der Waals surface area (Å²) in [7, 11) is 4.14. The summed E-state index contributed by atoms with van der Waals surface area (Å²) in [6, 6.07) is 20.0. The molecule has 0 saturated carbocycles. The Morgan fingerprint density at radius 2 is 1.79 bits per heavy atom. The van der Waals surface area contributed by atoms with E-state index in [-0.39, 0.29) is 11.9 Å². The first-order chi connectivity index (χ1) is 13.6. The Labute approximate surface area is 165 Å². The molecule has 3 rings (SSSR count). The number of nitrogens with one attached hydrogen (secondary N) is 2. The van der Waals surface area contributed by atoms with E-state index in [4.69, 9.17) is 0 Å². The van der Waals surface area contributed by atoms with Crippen molar-refractivity contribution in [2.75, 3.05) is 20.6 Å².